The quantitative estimate of drug-likeness (QED) is 0.123. The van der Waals surface area contributed by atoms with Gasteiger partial charge >= 0.3 is 6.09 Å². The first kappa shape index (κ1) is 36.7. The Morgan fingerprint density at radius 1 is 0.923 bits per heavy atom. The van der Waals surface area contributed by atoms with Gasteiger partial charge in [-0.2, -0.15) is 0 Å². The minimum atomic E-state index is -0.981. The molecule has 0 aromatic heterocycles. The van der Waals surface area contributed by atoms with E-state index >= 15 is 0 Å². The van der Waals surface area contributed by atoms with Gasteiger partial charge < -0.3 is 29.5 Å². The number of likely N-dealkylation sites (tertiary alicyclic amines) is 1. The van der Waals surface area contributed by atoms with Crippen LogP contribution < -0.4 is 5.32 Å². The van der Waals surface area contributed by atoms with E-state index in [1.54, 1.807) is 0 Å². The second kappa shape index (κ2) is 16.9. The summed E-state index contributed by atoms with van der Waals surface area (Å²) in [6, 6.07) is 31.8. The number of alkyl carbamates (subject to hydrolysis) is 1. The smallest absolute Gasteiger partial charge is 0.408 e. The van der Waals surface area contributed by atoms with Crippen molar-refractivity contribution in [1.29, 1.82) is 0 Å². The fourth-order valence-corrected chi connectivity index (χ4v) is 6.70. The Labute approximate surface area is 304 Å². The maximum atomic E-state index is 13.2. The van der Waals surface area contributed by atoms with Crippen molar-refractivity contribution in [1.82, 2.24) is 15.1 Å². The molecule has 3 amide bonds. The zero-order valence-corrected chi connectivity index (χ0v) is 29.5. The first-order valence-electron chi connectivity index (χ1n) is 17.5. The normalized spacial score (nSPS) is 21.7. The number of nitrogens with one attached hydrogen (secondary N) is 1. The van der Waals surface area contributed by atoms with E-state index in [0.717, 1.165) is 45.5 Å². The van der Waals surface area contributed by atoms with Crippen LogP contribution in [0.25, 0.3) is 11.1 Å². The van der Waals surface area contributed by atoms with E-state index in [9.17, 15) is 19.5 Å². The van der Waals surface area contributed by atoms with E-state index in [2.05, 4.69) is 23.7 Å². The molecule has 2 saturated heterocycles. The van der Waals surface area contributed by atoms with Gasteiger partial charge in [0.2, 0.25) is 5.91 Å². The fourth-order valence-electron chi connectivity index (χ4n) is 6.70. The lowest BCUT2D eigenvalue weighted by Crippen LogP contribution is -2.43. The van der Waals surface area contributed by atoms with Crippen molar-refractivity contribution in [3.8, 4) is 11.1 Å². The summed E-state index contributed by atoms with van der Waals surface area (Å²) in [4.78, 5) is 41.9. The van der Waals surface area contributed by atoms with Crippen LogP contribution in [-0.2, 0) is 43.6 Å². The van der Waals surface area contributed by atoms with Gasteiger partial charge in [0.05, 0.1) is 31.8 Å². The van der Waals surface area contributed by atoms with E-state index in [0.29, 0.717) is 6.54 Å². The Morgan fingerprint density at radius 2 is 1.63 bits per heavy atom. The monoisotopic (exact) mass is 703 g/mol. The summed E-state index contributed by atoms with van der Waals surface area (Å²) in [6.07, 6.45) is 0.00241. The molecule has 2 aliphatic heterocycles. The molecule has 0 saturated carbocycles. The Kier molecular flexibility index (Phi) is 11.9. The third-order valence-corrected chi connectivity index (χ3v) is 9.56. The molecule has 52 heavy (non-hydrogen) atoms. The SMILES string of the molecule is C=CCN(C)CC1OC(c2cccc(-c3cccc(CN4C(=O)CC(NC(=O)OCc5ccccc5)C4=O)c3)c2)OC(c2ccc(CO)cc2)C1C. The van der Waals surface area contributed by atoms with E-state index in [4.69, 9.17) is 14.2 Å². The molecule has 5 atom stereocenters. The average molecular weight is 704 g/mol. The van der Waals surface area contributed by atoms with Crippen molar-refractivity contribution < 1.29 is 33.7 Å². The van der Waals surface area contributed by atoms with Gasteiger partial charge in [-0.05, 0) is 52.6 Å². The molecule has 5 unspecified atom stereocenters. The van der Waals surface area contributed by atoms with Gasteiger partial charge in [-0.3, -0.25) is 14.5 Å². The number of rotatable bonds is 13. The number of hydrogen-bond donors (Lipinski definition) is 2. The Hall–Kier alpha value is -5.13. The molecule has 2 heterocycles. The maximum absolute atomic E-state index is 13.2. The molecule has 0 aliphatic carbocycles. The summed E-state index contributed by atoms with van der Waals surface area (Å²) in [5, 5.41) is 12.1. The van der Waals surface area contributed by atoms with Crippen molar-refractivity contribution in [3.05, 3.63) is 144 Å². The first-order chi connectivity index (χ1) is 25.2. The van der Waals surface area contributed by atoms with Crippen molar-refractivity contribution in [2.24, 2.45) is 5.92 Å². The molecule has 10 nitrogen and oxygen atoms in total. The van der Waals surface area contributed by atoms with Crippen LogP contribution in [0, 0.1) is 5.92 Å². The van der Waals surface area contributed by atoms with Gasteiger partial charge in [0.25, 0.3) is 5.91 Å². The Balaban J connectivity index is 1.15. The summed E-state index contributed by atoms with van der Waals surface area (Å²) in [5.41, 5.74) is 6.14. The predicted octanol–water partition coefficient (Wildman–Crippen LogP) is 6.31. The van der Waals surface area contributed by atoms with Crippen molar-refractivity contribution in [3.63, 3.8) is 0 Å². The molecule has 4 aromatic rings. The minimum Gasteiger partial charge on any atom is -0.445 e. The summed E-state index contributed by atoms with van der Waals surface area (Å²) in [7, 11) is 2.04. The van der Waals surface area contributed by atoms with Crippen LogP contribution >= 0.6 is 0 Å². The highest BCUT2D eigenvalue weighted by molar-refractivity contribution is 6.06. The van der Waals surface area contributed by atoms with Gasteiger partial charge in [-0.1, -0.05) is 104 Å². The number of hydrogen-bond acceptors (Lipinski definition) is 8. The molecular weight excluding hydrogens is 658 g/mol. The number of imide groups is 1. The Morgan fingerprint density at radius 3 is 2.37 bits per heavy atom. The van der Waals surface area contributed by atoms with E-state index in [1.807, 2.05) is 116 Å². The number of nitrogens with zero attached hydrogens (tertiary/aromatic N) is 2. The van der Waals surface area contributed by atoms with Crippen LogP contribution in [0.5, 0.6) is 0 Å². The largest absolute Gasteiger partial charge is 0.445 e. The van der Waals surface area contributed by atoms with Gasteiger partial charge in [-0.15, -0.1) is 6.58 Å². The lowest BCUT2D eigenvalue weighted by Gasteiger charge is -2.42. The zero-order valence-electron chi connectivity index (χ0n) is 29.5. The molecule has 2 aliphatic rings. The van der Waals surface area contributed by atoms with Gasteiger partial charge in [0.1, 0.15) is 12.6 Å². The number of carbonyl (C=O) groups excluding carboxylic acids is 3. The lowest BCUT2D eigenvalue weighted by molar-refractivity contribution is -0.275. The minimum absolute atomic E-state index is 0.0234. The summed E-state index contributed by atoms with van der Waals surface area (Å²) in [5.74, 6) is -0.779. The standard InChI is InChI=1S/C42H45N3O7/c1-4-20-44(3)25-37-28(2)39(32-18-16-29(26-46)17-19-32)52-41(51-37)35-15-9-14-34(22-35)33-13-8-12-31(21-33)24-45-38(47)23-36(40(45)48)43-42(49)50-27-30-10-6-5-7-11-30/h4-19,21-22,28,36-37,39,41,46H,1,20,23-27H2,2-3H3,(H,43,49). The van der Waals surface area contributed by atoms with Crippen LogP contribution in [0.2, 0.25) is 0 Å². The molecule has 270 valence electrons. The summed E-state index contributed by atoms with van der Waals surface area (Å²) in [6.45, 7) is 7.55. The number of carbonyl (C=O) groups is 3. The number of benzene rings is 4. The van der Waals surface area contributed by atoms with E-state index in [1.165, 1.54) is 4.90 Å². The summed E-state index contributed by atoms with van der Waals surface area (Å²) >= 11 is 0. The molecular formula is C42H45N3O7. The average Bonchev–Trinajstić information content (AvgIpc) is 3.42. The fraction of sp³-hybridized carbons (Fsp3) is 0.310. The predicted molar refractivity (Wildman–Crippen MR) is 196 cm³/mol. The highest BCUT2D eigenvalue weighted by atomic mass is 16.7. The Bertz CT molecular complexity index is 1870. The molecule has 2 N–H and O–H groups in total. The maximum Gasteiger partial charge on any atom is 0.408 e. The van der Waals surface area contributed by atoms with Crippen molar-refractivity contribution in [2.45, 2.75) is 57.6 Å². The van der Waals surface area contributed by atoms with Crippen molar-refractivity contribution >= 4 is 17.9 Å². The number of aliphatic hydroxyl groups is 1. The molecule has 0 spiro atoms. The van der Waals surface area contributed by atoms with Crippen LogP contribution in [0.1, 0.15) is 53.6 Å². The highest BCUT2D eigenvalue weighted by Gasteiger charge is 2.40. The lowest BCUT2D eigenvalue weighted by atomic mass is 9.90. The first-order valence-corrected chi connectivity index (χ1v) is 17.5. The number of amides is 3. The van der Waals surface area contributed by atoms with Gasteiger partial charge in [0, 0.05) is 24.6 Å². The van der Waals surface area contributed by atoms with E-state index < -0.39 is 24.3 Å². The van der Waals surface area contributed by atoms with Crippen LogP contribution in [0.3, 0.4) is 0 Å². The molecule has 4 aromatic carbocycles. The zero-order chi connectivity index (χ0) is 36.6. The number of likely N-dealkylation sites (N-methyl/N-ethyl adjacent to an activating group) is 1. The third kappa shape index (κ3) is 8.83. The molecule has 0 radical (unpaired) electrons. The third-order valence-electron chi connectivity index (χ3n) is 9.56. The molecule has 0 bridgehead atoms. The second-order valence-electron chi connectivity index (χ2n) is 13.4. The molecule has 2 fully saturated rings. The van der Waals surface area contributed by atoms with Crippen molar-refractivity contribution in [2.75, 3.05) is 20.1 Å². The summed E-state index contributed by atoms with van der Waals surface area (Å²) < 4.78 is 18.6. The number of ether oxygens (including phenoxy) is 3. The van der Waals surface area contributed by atoms with Gasteiger partial charge in [0.15, 0.2) is 6.29 Å². The van der Waals surface area contributed by atoms with Crippen LogP contribution in [-0.4, -0.2) is 65.1 Å². The topological polar surface area (TPSA) is 118 Å². The van der Waals surface area contributed by atoms with Gasteiger partial charge in [-0.25, -0.2) is 4.79 Å². The van der Waals surface area contributed by atoms with Crippen LogP contribution in [0.15, 0.2) is 116 Å². The van der Waals surface area contributed by atoms with E-state index in [-0.39, 0.29) is 50.2 Å². The molecule has 6 rings (SSSR count). The highest BCUT2D eigenvalue weighted by Crippen LogP contribution is 2.42. The molecule has 10 heteroatoms. The second-order valence-corrected chi connectivity index (χ2v) is 13.4. The van der Waals surface area contributed by atoms with Crippen LogP contribution in [0.4, 0.5) is 4.79 Å². The number of aliphatic hydroxyl groups excluding tert-OH is 1.